The van der Waals surface area contributed by atoms with Crippen LogP contribution in [0.2, 0.25) is 13.1 Å². The maximum Gasteiger partial charge on any atom is -0.0178 e. The van der Waals surface area contributed by atoms with Crippen molar-refractivity contribution in [2.24, 2.45) is 0 Å². The predicted octanol–water partition coefficient (Wildman–Crippen LogP) is 9.16. The van der Waals surface area contributed by atoms with Crippen LogP contribution >= 0.6 is 0 Å². The van der Waals surface area contributed by atoms with E-state index in [1.165, 1.54) is 76.5 Å². The summed E-state index contributed by atoms with van der Waals surface area (Å²) < 4.78 is 0. The van der Waals surface area contributed by atoms with Crippen molar-refractivity contribution in [2.45, 2.75) is 26.9 Å². The summed E-state index contributed by atoms with van der Waals surface area (Å²) in [5.41, 5.74) is 8.09. The van der Waals surface area contributed by atoms with Gasteiger partial charge < -0.3 is 12.4 Å². The number of rotatable bonds is 2. The molecule has 8 rings (SSSR count). The first kappa shape index (κ1) is 32.8. The summed E-state index contributed by atoms with van der Waals surface area (Å²) in [6, 6.07) is 52.6. The number of benzene rings is 6. The zero-order chi connectivity index (χ0) is 30.6. The molecular weight excluding hydrogens is 659 g/mol. The molecule has 8 aromatic rings. The Labute approximate surface area is 288 Å². The van der Waals surface area contributed by atoms with Crippen molar-refractivity contribution in [1.82, 2.24) is 0 Å². The van der Waals surface area contributed by atoms with Gasteiger partial charge in [-0.05, 0) is 44.8 Å². The first-order valence-electron chi connectivity index (χ1n) is 15.2. The van der Waals surface area contributed by atoms with Crippen molar-refractivity contribution < 1.29 is 35.7 Å². The quantitative estimate of drug-likeness (QED) is 0.125. The third-order valence-corrected chi connectivity index (χ3v) is 7.91. The third-order valence-electron chi connectivity index (χ3n) is 7.91. The molecule has 0 nitrogen and oxygen atoms in total. The van der Waals surface area contributed by atoms with Crippen LogP contribution in [0.1, 0.15) is 11.1 Å². The van der Waals surface area contributed by atoms with Crippen LogP contribution in [-0.2, 0) is 23.3 Å². The van der Waals surface area contributed by atoms with E-state index in [1.807, 2.05) is 0 Å². The van der Waals surface area contributed by atoms with Crippen molar-refractivity contribution in [3.8, 4) is 22.3 Å². The molecule has 0 saturated heterocycles. The van der Waals surface area contributed by atoms with Gasteiger partial charge in [0, 0.05) is 0 Å². The Bertz CT molecular complexity index is 2090. The number of fused-ring (bicyclic) bond motifs is 4. The van der Waals surface area contributed by atoms with Gasteiger partial charge in [-0.3, -0.25) is 0 Å². The molecule has 0 fully saturated rings. The van der Waals surface area contributed by atoms with Crippen molar-refractivity contribution in [3.63, 3.8) is 0 Å². The minimum atomic E-state index is 0. The van der Waals surface area contributed by atoms with Gasteiger partial charge in [-0.1, -0.05) is 110 Å². The predicted molar refractivity (Wildman–Crippen MR) is 192 cm³/mol. The summed E-state index contributed by atoms with van der Waals surface area (Å²) in [7, 11) is 0. The van der Waals surface area contributed by atoms with Gasteiger partial charge in [-0.15, -0.1) is 69.1 Å². The van der Waals surface area contributed by atoms with Gasteiger partial charge in [0.05, 0.1) is 0 Å². The Morgan fingerprint density at radius 3 is 1.24 bits per heavy atom. The molecule has 3 heteroatoms. The van der Waals surface area contributed by atoms with E-state index in [9.17, 15) is 0 Å². The summed E-state index contributed by atoms with van der Waals surface area (Å²) in [4.78, 5) is 0. The average molecular weight is 696 g/mol. The molecule has 0 spiro atoms. The molecule has 0 aliphatic carbocycles. The molecule has 45 heavy (non-hydrogen) atoms. The molecule has 0 N–H and O–H groups in total. The minimum Gasteiger partial charge on any atom is -1.00 e. The fraction of sp³-hybridized carbons (Fsp3) is 0.0952. The summed E-state index contributed by atoms with van der Waals surface area (Å²) >= 11 is 1.74. The van der Waals surface area contributed by atoms with Gasteiger partial charge in [-0.25, -0.2) is 0 Å². The monoisotopic (exact) mass is 693 g/mol. The Kier molecular flexibility index (Phi) is 10.7. The number of halogens is 1. The number of aryl methyl sites for hydroxylation is 2. The average Bonchev–Trinajstić information content (AvgIpc) is 3.61. The Morgan fingerprint density at radius 1 is 0.467 bits per heavy atom. The van der Waals surface area contributed by atoms with Crippen molar-refractivity contribution in [1.29, 1.82) is 0 Å². The summed E-state index contributed by atoms with van der Waals surface area (Å²) in [5.74, 6) is 0. The number of hydrogen-bond donors (Lipinski definition) is 0. The normalized spacial score (nSPS) is 10.6. The Morgan fingerprint density at radius 2 is 0.844 bits per heavy atom. The first-order chi connectivity index (χ1) is 21.4. The van der Waals surface area contributed by atoms with Crippen molar-refractivity contribution in [3.05, 3.63) is 157 Å². The SMILES string of the molecule is C[Si](C)=[Zr].Cc1cc2c(-c3ccc4ccccc4c3)cccc2[cH-]1.Cc1cc2c(-c3ccc4ccccc4c3)cccc2[cH-]1.[Cl-]. The van der Waals surface area contributed by atoms with Gasteiger partial charge >= 0.3 is 41.9 Å². The van der Waals surface area contributed by atoms with E-state index < -0.39 is 0 Å². The van der Waals surface area contributed by atoms with E-state index in [0.29, 0.717) is 0 Å². The van der Waals surface area contributed by atoms with E-state index in [2.05, 4.69) is 173 Å². The van der Waals surface area contributed by atoms with Crippen LogP contribution < -0.4 is 12.4 Å². The minimum absolute atomic E-state index is 0. The third kappa shape index (κ3) is 7.64. The Hall–Kier alpha value is -3.55. The van der Waals surface area contributed by atoms with E-state index in [0.717, 1.165) is 0 Å². The maximum atomic E-state index is 2.31. The molecule has 0 amide bonds. The van der Waals surface area contributed by atoms with Crippen LogP contribution in [0.3, 0.4) is 0 Å². The molecule has 0 heterocycles. The second kappa shape index (κ2) is 14.7. The van der Waals surface area contributed by atoms with E-state index in [1.54, 1.807) is 23.3 Å². The smallest absolute Gasteiger partial charge is 0.0178 e. The van der Waals surface area contributed by atoms with Gasteiger partial charge in [0.2, 0.25) is 0 Å². The summed E-state index contributed by atoms with van der Waals surface area (Å²) in [6.07, 6.45) is 0. The maximum absolute atomic E-state index is 2.31. The standard InChI is InChI=1S/2C20H15.C2H6Si.ClH.Zr/c2*1-14-11-17-7-4-8-19(20(17)12-14)18-10-9-15-5-2-3-6-16(15)13-18;1-3-2;;/h2*2-13H,1H3;1-2H3;1H;/q2*-1;;;/p-1. The molecule has 0 aromatic heterocycles. The molecule has 0 aliphatic heterocycles. The molecule has 0 bridgehead atoms. The van der Waals surface area contributed by atoms with Crippen LogP contribution in [0.4, 0.5) is 0 Å². The zero-order valence-electron chi connectivity index (χ0n) is 26.2. The van der Waals surface area contributed by atoms with E-state index in [-0.39, 0.29) is 17.8 Å². The molecular formula is C42H36ClSiZr-3. The van der Waals surface area contributed by atoms with E-state index >= 15 is 0 Å². The van der Waals surface area contributed by atoms with Crippen LogP contribution in [0, 0.1) is 13.8 Å². The van der Waals surface area contributed by atoms with Gasteiger partial charge in [0.25, 0.3) is 0 Å². The molecule has 0 aliphatic rings. The second-order valence-electron chi connectivity index (χ2n) is 11.8. The van der Waals surface area contributed by atoms with Gasteiger partial charge in [0.15, 0.2) is 0 Å². The molecule has 222 valence electrons. The number of hydrogen-bond acceptors (Lipinski definition) is 0. The van der Waals surface area contributed by atoms with Gasteiger partial charge in [0.1, 0.15) is 0 Å². The molecule has 0 saturated carbocycles. The van der Waals surface area contributed by atoms with Crippen molar-refractivity contribution in [2.75, 3.05) is 0 Å². The summed E-state index contributed by atoms with van der Waals surface area (Å²) in [5, 5.41) is 10.5. The van der Waals surface area contributed by atoms with Crippen LogP contribution in [0.25, 0.3) is 65.3 Å². The van der Waals surface area contributed by atoms with Crippen molar-refractivity contribution >= 4 is 48.5 Å². The Balaban J connectivity index is 0.000000156. The zero-order valence-corrected chi connectivity index (χ0v) is 30.4. The molecule has 0 radical (unpaired) electrons. The molecule has 0 unspecified atom stereocenters. The largest absolute Gasteiger partial charge is 1.00 e. The van der Waals surface area contributed by atoms with Crippen LogP contribution in [0.15, 0.2) is 146 Å². The molecule has 0 atom stereocenters. The first-order valence-corrected chi connectivity index (χ1v) is 21.4. The van der Waals surface area contributed by atoms with E-state index in [4.69, 9.17) is 0 Å². The van der Waals surface area contributed by atoms with Crippen LogP contribution in [-0.4, -0.2) is 5.43 Å². The topological polar surface area (TPSA) is 0 Å². The molecule has 8 aromatic carbocycles. The second-order valence-corrected chi connectivity index (χ2v) is 21.2. The summed E-state index contributed by atoms with van der Waals surface area (Å²) in [6.45, 7) is 8.93. The van der Waals surface area contributed by atoms with Crippen LogP contribution in [0.5, 0.6) is 0 Å². The fourth-order valence-corrected chi connectivity index (χ4v) is 5.99. The fourth-order valence-electron chi connectivity index (χ4n) is 5.99. The van der Waals surface area contributed by atoms with Gasteiger partial charge in [-0.2, -0.15) is 12.1 Å².